The number of ketones is 1. The van der Waals surface area contributed by atoms with Crippen molar-refractivity contribution in [2.45, 2.75) is 18.9 Å². The van der Waals surface area contributed by atoms with Gasteiger partial charge in [0.15, 0.2) is 5.78 Å². The number of pyridine rings is 1. The number of methoxy groups -OCH3 is 1. The Kier molecular flexibility index (Phi) is 2.84. The summed E-state index contributed by atoms with van der Waals surface area (Å²) < 4.78 is 5.37. The van der Waals surface area contributed by atoms with Gasteiger partial charge < -0.3 is 4.74 Å². The van der Waals surface area contributed by atoms with Crippen LogP contribution in [0.3, 0.4) is 0 Å². The van der Waals surface area contributed by atoms with Gasteiger partial charge >= 0.3 is 0 Å². The molecular weight excluding hydrogens is 226 g/mol. The van der Waals surface area contributed by atoms with Gasteiger partial charge in [-0.15, -0.1) is 0 Å². The molecule has 3 rings (SSSR count). The standard InChI is InChI=1S/C15H15NO2/c1-18-15(11-5-6-11)14(17)12-4-2-3-10-7-8-16-9-13(10)12/h2-4,7-9,11,15H,5-6H2,1H3. The second-order valence-electron chi connectivity index (χ2n) is 4.76. The number of ether oxygens (including phenoxy) is 1. The molecule has 1 fully saturated rings. The molecule has 0 aliphatic heterocycles. The Balaban J connectivity index is 2.05. The highest BCUT2D eigenvalue weighted by Crippen LogP contribution is 2.36. The van der Waals surface area contributed by atoms with Crippen LogP contribution in [0.4, 0.5) is 0 Å². The maximum atomic E-state index is 12.5. The van der Waals surface area contributed by atoms with Crippen LogP contribution in [-0.4, -0.2) is 24.0 Å². The minimum absolute atomic E-state index is 0.0820. The fourth-order valence-electron chi connectivity index (χ4n) is 2.39. The molecule has 0 spiro atoms. The van der Waals surface area contributed by atoms with Crippen LogP contribution in [0, 0.1) is 5.92 Å². The summed E-state index contributed by atoms with van der Waals surface area (Å²) >= 11 is 0. The van der Waals surface area contributed by atoms with E-state index < -0.39 is 0 Å². The molecule has 1 unspecified atom stereocenters. The molecule has 92 valence electrons. The monoisotopic (exact) mass is 241 g/mol. The summed E-state index contributed by atoms with van der Waals surface area (Å²) in [5.41, 5.74) is 0.722. The SMILES string of the molecule is COC(C(=O)c1cccc2ccncc12)C1CC1. The predicted molar refractivity (Wildman–Crippen MR) is 69.6 cm³/mol. The first kappa shape index (κ1) is 11.4. The Labute approximate surface area is 106 Å². The molecule has 1 heterocycles. The summed E-state index contributed by atoms with van der Waals surface area (Å²) in [7, 11) is 1.62. The largest absolute Gasteiger partial charge is 0.373 e. The lowest BCUT2D eigenvalue weighted by molar-refractivity contribution is 0.0541. The Bertz CT molecular complexity index is 585. The van der Waals surface area contributed by atoms with E-state index in [2.05, 4.69) is 4.98 Å². The zero-order chi connectivity index (χ0) is 12.5. The number of carbonyl (C=O) groups excluding carboxylic acids is 1. The number of Topliss-reactive ketones (excluding diaryl/α,β-unsaturated/α-hetero) is 1. The quantitative estimate of drug-likeness (QED) is 0.773. The fraction of sp³-hybridized carbons (Fsp3) is 0.333. The number of hydrogen-bond acceptors (Lipinski definition) is 3. The first-order chi connectivity index (χ1) is 8.81. The van der Waals surface area contributed by atoms with Crippen molar-refractivity contribution in [2.75, 3.05) is 7.11 Å². The number of hydrogen-bond donors (Lipinski definition) is 0. The number of nitrogens with zero attached hydrogens (tertiary/aromatic N) is 1. The van der Waals surface area contributed by atoms with Crippen LogP contribution in [0.1, 0.15) is 23.2 Å². The molecule has 0 radical (unpaired) electrons. The Morgan fingerprint density at radius 1 is 1.39 bits per heavy atom. The molecular formula is C15H15NO2. The molecule has 1 atom stereocenters. The molecule has 1 aliphatic carbocycles. The average Bonchev–Trinajstić information content (AvgIpc) is 3.23. The number of aromatic nitrogens is 1. The molecule has 18 heavy (non-hydrogen) atoms. The van der Waals surface area contributed by atoms with Crippen LogP contribution < -0.4 is 0 Å². The highest BCUT2D eigenvalue weighted by atomic mass is 16.5. The first-order valence-corrected chi connectivity index (χ1v) is 6.21. The van der Waals surface area contributed by atoms with E-state index in [9.17, 15) is 4.79 Å². The lowest BCUT2D eigenvalue weighted by Crippen LogP contribution is -2.25. The van der Waals surface area contributed by atoms with Gasteiger partial charge in [0.25, 0.3) is 0 Å². The maximum Gasteiger partial charge on any atom is 0.192 e. The second kappa shape index (κ2) is 4.50. The van der Waals surface area contributed by atoms with Gasteiger partial charge in [0, 0.05) is 30.5 Å². The zero-order valence-corrected chi connectivity index (χ0v) is 10.3. The normalized spacial score (nSPS) is 16.7. The minimum Gasteiger partial charge on any atom is -0.373 e. The summed E-state index contributed by atoms with van der Waals surface area (Å²) in [5.74, 6) is 0.480. The van der Waals surface area contributed by atoms with Crippen molar-refractivity contribution >= 4 is 16.6 Å². The maximum absolute atomic E-state index is 12.5. The van der Waals surface area contributed by atoms with Crippen LogP contribution in [0.15, 0.2) is 36.7 Å². The third-order valence-electron chi connectivity index (χ3n) is 3.51. The van der Waals surface area contributed by atoms with E-state index in [-0.39, 0.29) is 11.9 Å². The van der Waals surface area contributed by atoms with Gasteiger partial charge in [0.2, 0.25) is 0 Å². The highest BCUT2D eigenvalue weighted by Gasteiger charge is 2.37. The third-order valence-corrected chi connectivity index (χ3v) is 3.51. The first-order valence-electron chi connectivity index (χ1n) is 6.21. The molecule has 2 aromatic rings. The minimum atomic E-state index is -0.296. The van der Waals surface area contributed by atoms with Gasteiger partial charge in [-0.1, -0.05) is 18.2 Å². The molecule has 1 aromatic heterocycles. The van der Waals surface area contributed by atoms with Crippen molar-refractivity contribution in [1.29, 1.82) is 0 Å². The smallest absolute Gasteiger partial charge is 0.192 e. The van der Waals surface area contributed by atoms with Crippen molar-refractivity contribution in [3.05, 3.63) is 42.2 Å². The lowest BCUT2D eigenvalue weighted by atomic mass is 9.98. The van der Waals surface area contributed by atoms with Gasteiger partial charge in [-0.05, 0) is 30.2 Å². The van der Waals surface area contributed by atoms with Crippen LogP contribution in [0.2, 0.25) is 0 Å². The molecule has 0 bridgehead atoms. The van der Waals surface area contributed by atoms with E-state index in [4.69, 9.17) is 4.74 Å². The van der Waals surface area contributed by atoms with E-state index in [1.165, 1.54) is 0 Å². The van der Waals surface area contributed by atoms with Crippen LogP contribution >= 0.6 is 0 Å². The molecule has 0 saturated heterocycles. The van der Waals surface area contributed by atoms with E-state index in [1.807, 2.05) is 24.3 Å². The third kappa shape index (κ3) is 1.91. The summed E-state index contributed by atoms with van der Waals surface area (Å²) in [6, 6.07) is 7.69. The number of fused-ring (bicyclic) bond motifs is 1. The van der Waals surface area contributed by atoms with E-state index >= 15 is 0 Å². The summed E-state index contributed by atoms with van der Waals surface area (Å²) in [4.78, 5) is 16.6. The summed E-state index contributed by atoms with van der Waals surface area (Å²) in [6.07, 6.45) is 5.38. The van der Waals surface area contributed by atoms with Gasteiger partial charge in [0.05, 0.1) is 0 Å². The van der Waals surface area contributed by atoms with Crippen molar-refractivity contribution < 1.29 is 9.53 Å². The average molecular weight is 241 g/mol. The van der Waals surface area contributed by atoms with Crippen molar-refractivity contribution in [1.82, 2.24) is 4.98 Å². The fourth-order valence-corrected chi connectivity index (χ4v) is 2.39. The number of benzene rings is 1. The van der Waals surface area contributed by atoms with E-state index in [0.29, 0.717) is 5.92 Å². The topological polar surface area (TPSA) is 39.2 Å². The van der Waals surface area contributed by atoms with Crippen LogP contribution in [-0.2, 0) is 4.74 Å². The molecule has 0 N–H and O–H groups in total. The lowest BCUT2D eigenvalue weighted by Gasteiger charge is -2.14. The molecule has 1 aliphatic rings. The van der Waals surface area contributed by atoms with Gasteiger partial charge in [-0.25, -0.2) is 0 Å². The van der Waals surface area contributed by atoms with Crippen molar-refractivity contribution in [2.24, 2.45) is 5.92 Å². The summed E-state index contributed by atoms with van der Waals surface area (Å²) in [6.45, 7) is 0. The van der Waals surface area contributed by atoms with E-state index in [0.717, 1.165) is 29.2 Å². The van der Waals surface area contributed by atoms with Gasteiger partial charge in [-0.2, -0.15) is 0 Å². The van der Waals surface area contributed by atoms with Gasteiger partial charge in [-0.3, -0.25) is 9.78 Å². The van der Waals surface area contributed by atoms with E-state index in [1.54, 1.807) is 19.5 Å². The van der Waals surface area contributed by atoms with Crippen molar-refractivity contribution in [3.8, 4) is 0 Å². The molecule has 1 aromatic carbocycles. The summed E-state index contributed by atoms with van der Waals surface area (Å²) in [5, 5.41) is 1.95. The Hall–Kier alpha value is -1.74. The number of rotatable bonds is 4. The molecule has 3 heteroatoms. The molecule has 0 amide bonds. The molecule has 1 saturated carbocycles. The number of carbonyl (C=O) groups is 1. The van der Waals surface area contributed by atoms with Crippen LogP contribution in [0.25, 0.3) is 10.8 Å². The van der Waals surface area contributed by atoms with Crippen LogP contribution in [0.5, 0.6) is 0 Å². The highest BCUT2D eigenvalue weighted by molar-refractivity contribution is 6.10. The predicted octanol–water partition coefficient (Wildman–Crippen LogP) is 2.84. The Morgan fingerprint density at radius 3 is 2.94 bits per heavy atom. The molecule has 3 nitrogen and oxygen atoms in total. The van der Waals surface area contributed by atoms with Crippen molar-refractivity contribution in [3.63, 3.8) is 0 Å². The van der Waals surface area contributed by atoms with Gasteiger partial charge in [0.1, 0.15) is 6.10 Å². The zero-order valence-electron chi connectivity index (χ0n) is 10.3. The second-order valence-corrected chi connectivity index (χ2v) is 4.76. The Morgan fingerprint density at radius 2 is 2.22 bits per heavy atom.